The van der Waals surface area contributed by atoms with Gasteiger partial charge in [0.15, 0.2) is 0 Å². The lowest BCUT2D eigenvalue weighted by Gasteiger charge is -2.32. The first-order valence-electron chi connectivity index (χ1n) is 5.85. The average molecular weight is 182 g/mol. The molecule has 1 aliphatic carbocycles. The molecule has 2 fully saturated rings. The molecule has 13 heavy (non-hydrogen) atoms. The van der Waals surface area contributed by atoms with Crippen LogP contribution in [0.4, 0.5) is 0 Å². The minimum atomic E-state index is 0.923. The molecule has 2 nitrogen and oxygen atoms in total. The summed E-state index contributed by atoms with van der Waals surface area (Å²) >= 11 is 0. The summed E-state index contributed by atoms with van der Waals surface area (Å²) in [5, 5.41) is 3.42. The molecule has 1 saturated carbocycles. The van der Waals surface area contributed by atoms with E-state index >= 15 is 0 Å². The topological polar surface area (TPSA) is 15.3 Å². The van der Waals surface area contributed by atoms with Crippen molar-refractivity contribution in [3.63, 3.8) is 0 Å². The largest absolute Gasteiger partial charge is 0.314 e. The van der Waals surface area contributed by atoms with Crippen LogP contribution in [-0.4, -0.2) is 37.1 Å². The van der Waals surface area contributed by atoms with Crippen LogP contribution in [0.25, 0.3) is 0 Å². The Morgan fingerprint density at radius 2 is 2.00 bits per heavy atom. The summed E-state index contributed by atoms with van der Waals surface area (Å²) in [6.07, 6.45) is 5.79. The molecular weight excluding hydrogens is 160 g/mol. The van der Waals surface area contributed by atoms with Crippen molar-refractivity contribution >= 4 is 0 Å². The van der Waals surface area contributed by atoms with E-state index in [4.69, 9.17) is 0 Å². The summed E-state index contributed by atoms with van der Waals surface area (Å²) in [5.41, 5.74) is 0. The van der Waals surface area contributed by atoms with E-state index < -0.39 is 0 Å². The van der Waals surface area contributed by atoms with Gasteiger partial charge in [-0.15, -0.1) is 0 Å². The summed E-state index contributed by atoms with van der Waals surface area (Å²) in [4.78, 5) is 2.70. The van der Waals surface area contributed by atoms with Crippen LogP contribution in [0.5, 0.6) is 0 Å². The zero-order chi connectivity index (χ0) is 9.10. The molecule has 0 aromatic rings. The molecular formula is C11H22N2. The first-order valence-corrected chi connectivity index (χ1v) is 5.85. The lowest BCUT2D eigenvalue weighted by atomic mass is 10.1. The Balaban J connectivity index is 1.80. The van der Waals surface area contributed by atoms with Crippen molar-refractivity contribution in [3.05, 3.63) is 0 Å². The molecule has 0 amide bonds. The number of nitrogens with one attached hydrogen (secondary N) is 1. The molecule has 2 unspecified atom stereocenters. The van der Waals surface area contributed by atoms with Gasteiger partial charge in [0.2, 0.25) is 0 Å². The number of piperazine rings is 1. The SMILES string of the molecule is CCC1CCC(N2CCNCC2)C1. The number of hydrogen-bond acceptors (Lipinski definition) is 2. The maximum atomic E-state index is 3.42. The molecule has 0 aromatic carbocycles. The molecule has 1 heterocycles. The van der Waals surface area contributed by atoms with Crippen molar-refractivity contribution in [1.82, 2.24) is 10.2 Å². The van der Waals surface area contributed by atoms with Gasteiger partial charge in [-0.2, -0.15) is 0 Å². The second kappa shape index (κ2) is 4.43. The predicted molar refractivity (Wildman–Crippen MR) is 55.9 cm³/mol. The molecule has 0 aromatic heterocycles. The standard InChI is InChI=1S/C11H22N2/c1-2-10-3-4-11(9-10)13-7-5-12-6-8-13/h10-12H,2-9H2,1H3. The van der Waals surface area contributed by atoms with Crippen molar-refractivity contribution in [2.75, 3.05) is 26.2 Å². The Hall–Kier alpha value is -0.0800. The molecule has 1 aliphatic heterocycles. The van der Waals surface area contributed by atoms with Crippen LogP contribution in [0.3, 0.4) is 0 Å². The first kappa shape index (κ1) is 9.47. The van der Waals surface area contributed by atoms with Gasteiger partial charge in [0.1, 0.15) is 0 Å². The van der Waals surface area contributed by atoms with E-state index in [-0.39, 0.29) is 0 Å². The molecule has 0 spiro atoms. The van der Waals surface area contributed by atoms with E-state index in [1.165, 1.54) is 51.9 Å². The highest BCUT2D eigenvalue weighted by Gasteiger charge is 2.28. The smallest absolute Gasteiger partial charge is 0.0110 e. The van der Waals surface area contributed by atoms with Crippen LogP contribution in [0.15, 0.2) is 0 Å². The summed E-state index contributed by atoms with van der Waals surface area (Å²) in [5.74, 6) is 1.03. The Kier molecular flexibility index (Phi) is 3.23. The van der Waals surface area contributed by atoms with Gasteiger partial charge in [0, 0.05) is 32.2 Å². The van der Waals surface area contributed by atoms with Crippen LogP contribution in [0, 0.1) is 5.92 Å². The van der Waals surface area contributed by atoms with E-state index in [1.54, 1.807) is 0 Å². The van der Waals surface area contributed by atoms with Gasteiger partial charge in [-0.25, -0.2) is 0 Å². The average Bonchev–Trinajstić information content (AvgIpc) is 2.67. The van der Waals surface area contributed by atoms with E-state index in [9.17, 15) is 0 Å². The van der Waals surface area contributed by atoms with Gasteiger partial charge in [-0.05, 0) is 25.2 Å². The second-order valence-corrected chi connectivity index (χ2v) is 4.53. The summed E-state index contributed by atoms with van der Waals surface area (Å²) in [7, 11) is 0. The van der Waals surface area contributed by atoms with Gasteiger partial charge in [0.05, 0.1) is 0 Å². The highest BCUT2D eigenvalue weighted by molar-refractivity contribution is 4.84. The van der Waals surface area contributed by atoms with Crippen LogP contribution in [-0.2, 0) is 0 Å². The van der Waals surface area contributed by atoms with Crippen LogP contribution < -0.4 is 5.32 Å². The Labute approximate surface area is 81.7 Å². The quantitative estimate of drug-likeness (QED) is 0.695. The Bertz CT molecular complexity index is 152. The van der Waals surface area contributed by atoms with Crippen molar-refractivity contribution in [2.24, 2.45) is 5.92 Å². The van der Waals surface area contributed by atoms with Crippen LogP contribution in [0.2, 0.25) is 0 Å². The minimum Gasteiger partial charge on any atom is -0.314 e. The molecule has 0 bridgehead atoms. The van der Waals surface area contributed by atoms with E-state index in [0.717, 1.165) is 12.0 Å². The minimum absolute atomic E-state index is 0.923. The number of hydrogen-bond donors (Lipinski definition) is 1. The van der Waals surface area contributed by atoms with Gasteiger partial charge in [-0.3, -0.25) is 4.90 Å². The van der Waals surface area contributed by atoms with Crippen LogP contribution >= 0.6 is 0 Å². The summed E-state index contributed by atoms with van der Waals surface area (Å²) < 4.78 is 0. The van der Waals surface area contributed by atoms with Crippen molar-refractivity contribution < 1.29 is 0 Å². The van der Waals surface area contributed by atoms with Gasteiger partial charge in [-0.1, -0.05) is 13.3 Å². The molecule has 2 atom stereocenters. The van der Waals surface area contributed by atoms with E-state index in [2.05, 4.69) is 17.1 Å². The molecule has 2 heteroatoms. The highest BCUT2D eigenvalue weighted by atomic mass is 15.2. The monoisotopic (exact) mass is 182 g/mol. The highest BCUT2D eigenvalue weighted by Crippen LogP contribution is 2.31. The van der Waals surface area contributed by atoms with Crippen LogP contribution in [0.1, 0.15) is 32.6 Å². The molecule has 2 aliphatic rings. The van der Waals surface area contributed by atoms with Crippen molar-refractivity contribution in [2.45, 2.75) is 38.6 Å². The fourth-order valence-electron chi connectivity index (χ4n) is 2.80. The molecule has 0 radical (unpaired) electrons. The van der Waals surface area contributed by atoms with Crippen molar-refractivity contribution in [1.29, 1.82) is 0 Å². The fourth-order valence-corrected chi connectivity index (χ4v) is 2.80. The number of rotatable bonds is 2. The maximum Gasteiger partial charge on any atom is 0.0110 e. The first-order chi connectivity index (χ1) is 6.40. The van der Waals surface area contributed by atoms with E-state index in [0.29, 0.717) is 0 Å². The second-order valence-electron chi connectivity index (χ2n) is 4.53. The third kappa shape index (κ3) is 2.23. The van der Waals surface area contributed by atoms with Gasteiger partial charge < -0.3 is 5.32 Å². The predicted octanol–water partition coefficient (Wildman–Crippen LogP) is 1.47. The third-order valence-electron chi connectivity index (χ3n) is 3.76. The zero-order valence-corrected chi connectivity index (χ0v) is 8.76. The molecule has 1 N–H and O–H groups in total. The Morgan fingerprint density at radius 1 is 1.23 bits per heavy atom. The molecule has 76 valence electrons. The lowest BCUT2D eigenvalue weighted by Crippen LogP contribution is -2.47. The maximum absolute atomic E-state index is 3.42. The van der Waals surface area contributed by atoms with Gasteiger partial charge >= 0.3 is 0 Å². The molecule has 2 rings (SSSR count). The lowest BCUT2D eigenvalue weighted by molar-refractivity contribution is 0.172. The van der Waals surface area contributed by atoms with Crippen molar-refractivity contribution in [3.8, 4) is 0 Å². The van der Waals surface area contributed by atoms with Gasteiger partial charge in [0.25, 0.3) is 0 Å². The summed E-state index contributed by atoms with van der Waals surface area (Å²) in [6, 6.07) is 0.923. The van der Waals surface area contributed by atoms with E-state index in [1.807, 2.05) is 0 Å². The fraction of sp³-hybridized carbons (Fsp3) is 1.00. The third-order valence-corrected chi connectivity index (χ3v) is 3.76. The number of nitrogens with zero attached hydrogens (tertiary/aromatic N) is 1. The Morgan fingerprint density at radius 3 is 2.62 bits per heavy atom. The zero-order valence-electron chi connectivity index (χ0n) is 8.76. The normalized spacial score (nSPS) is 36.7. The molecule has 1 saturated heterocycles. The summed E-state index contributed by atoms with van der Waals surface area (Å²) in [6.45, 7) is 7.30.